The van der Waals surface area contributed by atoms with Crippen LogP contribution < -0.4 is 0 Å². The Morgan fingerprint density at radius 3 is 3.00 bits per heavy atom. The lowest BCUT2D eigenvalue weighted by Crippen LogP contribution is -2.25. The summed E-state index contributed by atoms with van der Waals surface area (Å²) in [5.74, 6) is 0.960. The number of thiazole rings is 1. The van der Waals surface area contributed by atoms with Gasteiger partial charge in [-0.2, -0.15) is 0 Å². The summed E-state index contributed by atoms with van der Waals surface area (Å²) in [6.45, 7) is 2.85. The molecule has 1 atom stereocenters. The third-order valence-electron chi connectivity index (χ3n) is 3.72. The molecule has 5 nitrogen and oxygen atoms in total. The molecule has 0 N–H and O–H groups in total. The number of aromatic nitrogens is 3. The molecule has 0 radical (unpaired) electrons. The highest BCUT2D eigenvalue weighted by Gasteiger charge is 2.28. The third-order valence-corrected chi connectivity index (χ3v) is 4.36. The fraction of sp³-hybridized carbons (Fsp3) is 0.533. The molecule has 1 fully saturated rings. The topological polar surface area (TPSA) is 45.2 Å². The molecular formula is C15H21N5S. The maximum absolute atomic E-state index is 4.76. The molecule has 0 bridgehead atoms. The van der Waals surface area contributed by atoms with E-state index in [1.54, 1.807) is 11.3 Å². The molecule has 0 saturated carbocycles. The van der Waals surface area contributed by atoms with Crippen LogP contribution in [-0.4, -0.2) is 45.4 Å². The van der Waals surface area contributed by atoms with Crippen molar-refractivity contribution in [2.75, 3.05) is 20.6 Å². The summed E-state index contributed by atoms with van der Waals surface area (Å²) in [7, 11) is 4.12. The van der Waals surface area contributed by atoms with Gasteiger partial charge in [0.25, 0.3) is 0 Å². The van der Waals surface area contributed by atoms with Gasteiger partial charge in [-0.15, -0.1) is 11.3 Å². The molecule has 1 aliphatic rings. The number of likely N-dealkylation sites (tertiary alicyclic amines) is 1. The molecule has 2 aromatic heterocycles. The van der Waals surface area contributed by atoms with Crippen LogP contribution in [0.2, 0.25) is 0 Å². The zero-order chi connectivity index (χ0) is 14.7. The first-order valence-electron chi connectivity index (χ1n) is 7.30. The molecular weight excluding hydrogens is 282 g/mol. The molecule has 2 aromatic rings. The number of nitrogens with zero attached hydrogens (tertiary/aromatic N) is 5. The average Bonchev–Trinajstić information content (AvgIpc) is 3.10. The zero-order valence-electron chi connectivity index (χ0n) is 12.6. The quantitative estimate of drug-likeness (QED) is 0.848. The normalized spacial score (nSPS) is 19.5. The van der Waals surface area contributed by atoms with E-state index in [2.05, 4.69) is 39.2 Å². The maximum atomic E-state index is 4.76. The molecule has 0 aliphatic carbocycles. The monoisotopic (exact) mass is 303 g/mol. The van der Waals surface area contributed by atoms with E-state index < -0.39 is 0 Å². The van der Waals surface area contributed by atoms with E-state index in [1.165, 1.54) is 6.42 Å². The Bertz CT molecular complexity index is 569. The number of rotatable bonds is 5. The van der Waals surface area contributed by atoms with Crippen molar-refractivity contribution in [2.24, 2.45) is 0 Å². The second-order valence-electron chi connectivity index (χ2n) is 5.75. The summed E-state index contributed by atoms with van der Waals surface area (Å²) < 4.78 is 0. The van der Waals surface area contributed by atoms with Crippen LogP contribution in [0.5, 0.6) is 0 Å². The first-order chi connectivity index (χ1) is 10.2. The summed E-state index contributed by atoms with van der Waals surface area (Å²) in [6, 6.07) is 2.33. The van der Waals surface area contributed by atoms with E-state index in [-0.39, 0.29) is 0 Å². The van der Waals surface area contributed by atoms with Gasteiger partial charge in [0, 0.05) is 24.7 Å². The summed E-state index contributed by atoms with van der Waals surface area (Å²) in [4.78, 5) is 18.3. The third kappa shape index (κ3) is 3.64. The second kappa shape index (κ2) is 6.60. The molecule has 0 aromatic carbocycles. The Hall–Kier alpha value is -1.37. The predicted molar refractivity (Wildman–Crippen MR) is 83.9 cm³/mol. The van der Waals surface area contributed by atoms with Gasteiger partial charge in [-0.3, -0.25) is 4.90 Å². The summed E-state index contributed by atoms with van der Waals surface area (Å²) >= 11 is 1.65. The maximum Gasteiger partial charge on any atom is 0.145 e. The van der Waals surface area contributed by atoms with Crippen LogP contribution in [0.15, 0.2) is 23.2 Å². The molecule has 21 heavy (non-hydrogen) atoms. The lowest BCUT2D eigenvalue weighted by atomic mass is 10.2. The summed E-state index contributed by atoms with van der Waals surface area (Å²) in [5.41, 5.74) is 4.14. The van der Waals surface area contributed by atoms with Gasteiger partial charge >= 0.3 is 0 Å². The fourth-order valence-corrected chi connectivity index (χ4v) is 3.37. The van der Waals surface area contributed by atoms with Crippen LogP contribution in [0.3, 0.4) is 0 Å². The second-order valence-corrected chi connectivity index (χ2v) is 6.47. The van der Waals surface area contributed by atoms with Gasteiger partial charge in [0.05, 0.1) is 22.9 Å². The van der Waals surface area contributed by atoms with Gasteiger partial charge in [0.1, 0.15) is 5.82 Å². The van der Waals surface area contributed by atoms with Crippen molar-refractivity contribution in [3.8, 4) is 0 Å². The van der Waals surface area contributed by atoms with Crippen molar-refractivity contribution in [3.63, 3.8) is 0 Å². The highest BCUT2D eigenvalue weighted by atomic mass is 32.1. The Balaban J connectivity index is 1.75. The molecule has 0 spiro atoms. The van der Waals surface area contributed by atoms with Crippen molar-refractivity contribution in [1.29, 1.82) is 0 Å². The summed E-state index contributed by atoms with van der Waals surface area (Å²) in [5, 5.41) is 2.12. The molecule has 1 aliphatic heterocycles. The van der Waals surface area contributed by atoms with Crippen LogP contribution in [-0.2, 0) is 13.1 Å². The zero-order valence-corrected chi connectivity index (χ0v) is 13.4. The van der Waals surface area contributed by atoms with Crippen LogP contribution in [0, 0.1) is 0 Å². The lowest BCUT2D eigenvalue weighted by Gasteiger charge is -2.22. The van der Waals surface area contributed by atoms with Crippen LogP contribution >= 0.6 is 11.3 Å². The van der Waals surface area contributed by atoms with Gasteiger partial charge in [0.15, 0.2) is 0 Å². The van der Waals surface area contributed by atoms with Crippen molar-refractivity contribution in [1.82, 2.24) is 24.8 Å². The molecule has 112 valence electrons. The van der Waals surface area contributed by atoms with Crippen LogP contribution in [0.25, 0.3) is 0 Å². The highest BCUT2D eigenvalue weighted by molar-refractivity contribution is 7.07. The number of hydrogen-bond acceptors (Lipinski definition) is 6. The van der Waals surface area contributed by atoms with Crippen molar-refractivity contribution < 1.29 is 0 Å². The van der Waals surface area contributed by atoms with Crippen LogP contribution in [0.4, 0.5) is 0 Å². The van der Waals surface area contributed by atoms with E-state index in [1.807, 2.05) is 17.8 Å². The highest BCUT2D eigenvalue weighted by Crippen LogP contribution is 2.31. The summed E-state index contributed by atoms with van der Waals surface area (Å²) in [6.07, 6.45) is 4.23. The lowest BCUT2D eigenvalue weighted by molar-refractivity contribution is 0.236. The van der Waals surface area contributed by atoms with Gasteiger partial charge < -0.3 is 4.90 Å². The molecule has 6 heteroatoms. The standard InChI is InChI=1S/C15H21N5S/c1-19(2)8-12-5-6-16-15(18-12)14-4-3-7-20(14)9-13-10-21-11-17-13/h5-6,10-11,14H,3-4,7-9H2,1-2H3/t14-/m0/s1. The van der Waals surface area contributed by atoms with Crippen molar-refractivity contribution in [2.45, 2.75) is 32.0 Å². The molecule has 0 unspecified atom stereocenters. The van der Waals surface area contributed by atoms with Gasteiger partial charge in [-0.1, -0.05) is 0 Å². The largest absolute Gasteiger partial charge is 0.304 e. The van der Waals surface area contributed by atoms with E-state index in [0.717, 1.165) is 43.3 Å². The minimum Gasteiger partial charge on any atom is -0.304 e. The minimum atomic E-state index is 0.328. The predicted octanol–water partition coefficient (Wildman–Crippen LogP) is 2.33. The van der Waals surface area contributed by atoms with E-state index >= 15 is 0 Å². The average molecular weight is 303 g/mol. The number of hydrogen-bond donors (Lipinski definition) is 0. The SMILES string of the molecule is CN(C)Cc1ccnc([C@@H]2CCCN2Cc2cscn2)n1. The Kier molecular flexibility index (Phi) is 4.57. The fourth-order valence-electron chi connectivity index (χ4n) is 2.82. The minimum absolute atomic E-state index is 0.328. The molecule has 3 rings (SSSR count). The smallest absolute Gasteiger partial charge is 0.145 e. The van der Waals surface area contributed by atoms with Crippen LogP contribution in [0.1, 0.15) is 36.1 Å². The Morgan fingerprint density at radius 1 is 1.33 bits per heavy atom. The van der Waals surface area contributed by atoms with E-state index in [4.69, 9.17) is 4.98 Å². The van der Waals surface area contributed by atoms with Crippen molar-refractivity contribution >= 4 is 11.3 Å². The van der Waals surface area contributed by atoms with Crippen molar-refractivity contribution in [3.05, 3.63) is 40.4 Å². The Morgan fingerprint density at radius 2 is 2.24 bits per heavy atom. The van der Waals surface area contributed by atoms with Gasteiger partial charge in [-0.05, 0) is 39.5 Å². The first kappa shape index (κ1) is 14.6. The van der Waals surface area contributed by atoms with Gasteiger partial charge in [0.2, 0.25) is 0 Å². The van der Waals surface area contributed by atoms with E-state index in [0.29, 0.717) is 6.04 Å². The first-order valence-corrected chi connectivity index (χ1v) is 8.24. The molecule has 1 saturated heterocycles. The molecule has 3 heterocycles. The van der Waals surface area contributed by atoms with Gasteiger partial charge in [-0.25, -0.2) is 15.0 Å². The molecule has 0 amide bonds. The Labute approximate surface area is 129 Å². The van der Waals surface area contributed by atoms with E-state index in [9.17, 15) is 0 Å².